The molecular formula is C13H27IN4O. The minimum absolute atomic E-state index is 0. The van der Waals surface area contributed by atoms with Crippen LogP contribution >= 0.6 is 24.0 Å². The van der Waals surface area contributed by atoms with E-state index in [9.17, 15) is 4.79 Å². The van der Waals surface area contributed by atoms with Crippen molar-refractivity contribution in [2.75, 3.05) is 26.7 Å². The van der Waals surface area contributed by atoms with Crippen LogP contribution in [-0.2, 0) is 4.79 Å². The summed E-state index contributed by atoms with van der Waals surface area (Å²) in [7, 11) is 1.64. The van der Waals surface area contributed by atoms with Crippen molar-refractivity contribution in [2.45, 2.75) is 33.6 Å². The Bertz CT molecular complexity index is 323. The lowest BCUT2D eigenvalue weighted by atomic mass is 9.93. The monoisotopic (exact) mass is 382 g/mol. The van der Waals surface area contributed by atoms with Gasteiger partial charge in [-0.3, -0.25) is 9.79 Å². The maximum absolute atomic E-state index is 11.6. The molecule has 0 atom stereocenters. The number of nitrogens with two attached hydrogens (primary N) is 1. The summed E-state index contributed by atoms with van der Waals surface area (Å²) in [4.78, 5) is 18.1. The molecule has 1 aliphatic rings. The molecule has 3 N–H and O–H groups in total. The van der Waals surface area contributed by atoms with E-state index in [0.29, 0.717) is 12.5 Å². The number of piperidine rings is 1. The minimum atomic E-state index is -0.511. The zero-order valence-electron chi connectivity index (χ0n) is 12.4. The van der Waals surface area contributed by atoms with Crippen LogP contribution in [0.25, 0.3) is 0 Å². The van der Waals surface area contributed by atoms with Crippen LogP contribution in [0, 0.1) is 11.3 Å². The largest absolute Gasteiger partial charge is 0.370 e. The molecule has 0 saturated carbocycles. The standard InChI is InChI=1S/C13H26N4O.HI/c1-10-5-7-17(8-6-10)12(14)16-9-13(2,3)11(18)15-4;/h10H,5-9H2,1-4H3,(H2,14,16)(H,15,18);1H. The first-order chi connectivity index (χ1) is 8.36. The summed E-state index contributed by atoms with van der Waals surface area (Å²) in [5.74, 6) is 1.33. The highest BCUT2D eigenvalue weighted by Gasteiger charge is 2.26. The molecule has 0 spiro atoms. The summed E-state index contributed by atoms with van der Waals surface area (Å²) in [5.41, 5.74) is 5.48. The Hall–Kier alpha value is -0.530. The predicted octanol–water partition coefficient (Wildman–Crippen LogP) is 1.42. The fourth-order valence-corrected chi connectivity index (χ4v) is 2.03. The number of likely N-dealkylation sites (tertiary alicyclic amines) is 1. The van der Waals surface area contributed by atoms with Crippen LogP contribution in [0.15, 0.2) is 4.99 Å². The first-order valence-corrected chi connectivity index (χ1v) is 6.64. The molecule has 0 unspecified atom stereocenters. The number of aliphatic imine (C=N–C) groups is 1. The van der Waals surface area contributed by atoms with Gasteiger partial charge in [0.05, 0.1) is 12.0 Å². The molecule has 0 aromatic carbocycles. The van der Waals surface area contributed by atoms with Crippen LogP contribution in [0.5, 0.6) is 0 Å². The van der Waals surface area contributed by atoms with Gasteiger partial charge in [-0.25, -0.2) is 0 Å². The number of rotatable bonds is 3. The van der Waals surface area contributed by atoms with Crippen molar-refractivity contribution in [1.29, 1.82) is 0 Å². The van der Waals surface area contributed by atoms with Gasteiger partial charge in [-0.15, -0.1) is 24.0 Å². The molecule has 1 rings (SSSR count). The molecule has 0 aromatic heterocycles. The highest BCUT2D eigenvalue weighted by atomic mass is 127. The Balaban J connectivity index is 0.00000324. The number of halogens is 1. The number of amides is 1. The molecule has 6 heteroatoms. The van der Waals surface area contributed by atoms with Gasteiger partial charge in [0.2, 0.25) is 5.91 Å². The molecule has 1 amide bonds. The van der Waals surface area contributed by atoms with Crippen molar-refractivity contribution in [1.82, 2.24) is 10.2 Å². The molecule has 1 saturated heterocycles. The van der Waals surface area contributed by atoms with Gasteiger partial charge in [-0.05, 0) is 32.6 Å². The van der Waals surface area contributed by atoms with Crippen molar-refractivity contribution < 1.29 is 4.79 Å². The van der Waals surface area contributed by atoms with E-state index in [1.165, 1.54) is 0 Å². The summed E-state index contributed by atoms with van der Waals surface area (Å²) in [5, 5.41) is 2.65. The second-order valence-corrected chi connectivity index (χ2v) is 5.81. The van der Waals surface area contributed by atoms with Gasteiger partial charge in [0.25, 0.3) is 0 Å². The van der Waals surface area contributed by atoms with Crippen LogP contribution in [0.1, 0.15) is 33.6 Å². The lowest BCUT2D eigenvalue weighted by Crippen LogP contribution is -2.44. The normalized spacial score (nSPS) is 17.9. The SMILES string of the molecule is CNC(=O)C(C)(C)CN=C(N)N1CCC(C)CC1.I. The van der Waals surface area contributed by atoms with Crippen LogP contribution in [0.4, 0.5) is 0 Å². The van der Waals surface area contributed by atoms with Gasteiger partial charge in [0, 0.05) is 20.1 Å². The van der Waals surface area contributed by atoms with Crippen molar-refractivity contribution in [2.24, 2.45) is 22.1 Å². The molecule has 0 aromatic rings. The van der Waals surface area contributed by atoms with Crippen molar-refractivity contribution in [3.05, 3.63) is 0 Å². The van der Waals surface area contributed by atoms with E-state index in [-0.39, 0.29) is 29.9 Å². The van der Waals surface area contributed by atoms with E-state index in [4.69, 9.17) is 5.73 Å². The lowest BCUT2D eigenvalue weighted by molar-refractivity contribution is -0.128. The summed E-state index contributed by atoms with van der Waals surface area (Å²) in [6.45, 7) is 8.37. The van der Waals surface area contributed by atoms with Crippen molar-refractivity contribution >= 4 is 35.8 Å². The third-order valence-corrected chi connectivity index (χ3v) is 3.59. The molecule has 0 bridgehead atoms. The van der Waals surface area contributed by atoms with E-state index in [1.807, 2.05) is 13.8 Å². The molecule has 0 radical (unpaired) electrons. The fraction of sp³-hybridized carbons (Fsp3) is 0.846. The molecular weight excluding hydrogens is 355 g/mol. The summed E-state index contributed by atoms with van der Waals surface area (Å²) in [6.07, 6.45) is 2.32. The fourth-order valence-electron chi connectivity index (χ4n) is 2.03. The summed E-state index contributed by atoms with van der Waals surface area (Å²) < 4.78 is 0. The molecule has 1 fully saturated rings. The van der Waals surface area contributed by atoms with Gasteiger partial charge >= 0.3 is 0 Å². The molecule has 1 heterocycles. The molecule has 1 aliphatic heterocycles. The Labute approximate surface area is 133 Å². The number of carbonyl (C=O) groups is 1. The van der Waals surface area contributed by atoms with E-state index in [2.05, 4.69) is 22.1 Å². The maximum Gasteiger partial charge on any atom is 0.227 e. The van der Waals surface area contributed by atoms with E-state index < -0.39 is 5.41 Å². The number of hydrogen-bond donors (Lipinski definition) is 2. The molecule has 19 heavy (non-hydrogen) atoms. The quantitative estimate of drug-likeness (QED) is 0.441. The first-order valence-electron chi connectivity index (χ1n) is 6.64. The summed E-state index contributed by atoms with van der Waals surface area (Å²) >= 11 is 0. The predicted molar refractivity (Wildman–Crippen MR) is 89.7 cm³/mol. The molecule has 5 nitrogen and oxygen atoms in total. The number of guanidine groups is 1. The van der Waals surface area contributed by atoms with Gasteiger partial charge in [0.1, 0.15) is 0 Å². The summed E-state index contributed by atoms with van der Waals surface area (Å²) in [6, 6.07) is 0. The first kappa shape index (κ1) is 18.5. The molecule has 112 valence electrons. The van der Waals surface area contributed by atoms with E-state index in [0.717, 1.165) is 31.8 Å². The smallest absolute Gasteiger partial charge is 0.227 e. The maximum atomic E-state index is 11.6. The Morgan fingerprint density at radius 1 is 1.42 bits per heavy atom. The van der Waals surface area contributed by atoms with E-state index >= 15 is 0 Å². The number of carbonyl (C=O) groups excluding carboxylic acids is 1. The zero-order valence-corrected chi connectivity index (χ0v) is 14.7. The second kappa shape index (κ2) is 7.91. The average Bonchev–Trinajstić information content (AvgIpc) is 2.35. The van der Waals surface area contributed by atoms with Crippen LogP contribution in [-0.4, -0.2) is 43.4 Å². The number of nitrogens with zero attached hydrogens (tertiary/aromatic N) is 2. The highest BCUT2D eigenvalue weighted by Crippen LogP contribution is 2.17. The number of hydrogen-bond acceptors (Lipinski definition) is 2. The molecule has 0 aliphatic carbocycles. The van der Waals surface area contributed by atoms with Crippen molar-refractivity contribution in [3.8, 4) is 0 Å². The highest BCUT2D eigenvalue weighted by molar-refractivity contribution is 14.0. The van der Waals surface area contributed by atoms with Crippen molar-refractivity contribution in [3.63, 3.8) is 0 Å². The van der Waals surface area contributed by atoms with Gasteiger partial charge < -0.3 is 16.0 Å². The third kappa shape index (κ3) is 5.54. The third-order valence-electron chi connectivity index (χ3n) is 3.59. The topological polar surface area (TPSA) is 70.7 Å². The van der Waals surface area contributed by atoms with Crippen LogP contribution < -0.4 is 11.1 Å². The zero-order chi connectivity index (χ0) is 13.8. The Morgan fingerprint density at radius 2 is 1.95 bits per heavy atom. The van der Waals surface area contributed by atoms with Gasteiger partial charge in [-0.2, -0.15) is 0 Å². The van der Waals surface area contributed by atoms with Gasteiger partial charge in [0.15, 0.2) is 5.96 Å². The van der Waals surface area contributed by atoms with Crippen LogP contribution in [0.2, 0.25) is 0 Å². The second-order valence-electron chi connectivity index (χ2n) is 5.81. The lowest BCUT2D eigenvalue weighted by Gasteiger charge is -2.31. The Kier molecular flexibility index (Phi) is 7.69. The van der Waals surface area contributed by atoms with Crippen LogP contribution in [0.3, 0.4) is 0 Å². The number of nitrogens with one attached hydrogen (secondary N) is 1. The minimum Gasteiger partial charge on any atom is -0.370 e. The Morgan fingerprint density at radius 3 is 2.42 bits per heavy atom. The van der Waals surface area contributed by atoms with Gasteiger partial charge in [-0.1, -0.05) is 6.92 Å². The van der Waals surface area contributed by atoms with E-state index in [1.54, 1.807) is 7.05 Å². The average molecular weight is 382 g/mol.